The number of aromatic nitrogens is 3. The van der Waals surface area contributed by atoms with Crippen molar-refractivity contribution in [1.29, 1.82) is 0 Å². The zero-order chi connectivity index (χ0) is 22.1. The second kappa shape index (κ2) is 8.93. The first kappa shape index (κ1) is 22.5. The van der Waals surface area contributed by atoms with E-state index in [0.717, 1.165) is 9.69 Å². The third-order valence-electron chi connectivity index (χ3n) is 4.89. The summed E-state index contributed by atoms with van der Waals surface area (Å²) in [6.45, 7) is 3.97. The number of likely N-dealkylation sites (tertiary alicyclic amines) is 1. The highest BCUT2D eigenvalue weighted by molar-refractivity contribution is 7.09. The predicted octanol–water partition coefficient (Wildman–Crippen LogP) is 3.90. The van der Waals surface area contributed by atoms with E-state index < -0.39 is 22.9 Å². The van der Waals surface area contributed by atoms with Gasteiger partial charge in [0.1, 0.15) is 6.54 Å². The van der Waals surface area contributed by atoms with Gasteiger partial charge in [-0.1, -0.05) is 11.6 Å². The molecule has 164 valence electrons. The Balaban J connectivity index is 1.59. The Kier molecular flexibility index (Phi) is 6.71. The molecule has 0 atom stereocenters. The van der Waals surface area contributed by atoms with Gasteiger partial charge in [-0.05, 0) is 26.7 Å². The van der Waals surface area contributed by atoms with Crippen molar-refractivity contribution < 1.29 is 27.5 Å². The van der Waals surface area contributed by atoms with Crippen LogP contribution in [0.3, 0.4) is 0 Å². The lowest BCUT2D eigenvalue weighted by atomic mass is 9.97. The Morgan fingerprint density at radius 2 is 2.00 bits per heavy atom. The van der Waals surface area contributed by atoms with Crippen LogP contribution in [0.15, 0.2) is 5.38 Å². The summed E-state index contributed by atoms with van der Waals surface area (Å²) in [6.07, 6.45) is -3.38. The summed E-state index contributed by atoms with van der Waals surface area (Å²) in [5.74, 6) is -0.671. The minimum atomic E-state index is -4.68. The van der Waals surface area contributed by atoms with Crippen molar-refractivity contribution in [3.8, 4) is 0 Å². The predicted molar refractivity (Wildman–Crippen MR) is 104 cm³/mol. The van der Waals surface area contributed by atoms with Gasteiger partial charge in [0.2, 0.25) is 5.91 Å². The van der Waals surface area contributed by atoms with Crippen LogP contribution in [0.1, 0.15) is 52.6 Å². The number of amides is 1. The summed E-state index contributed by atoms with van der Waals surface area (Å²) in [7, 11) is 0. The molecule has 0 radical (unpaired) electrons. The molecule has 1 aliphatic heterocycles. The lowest BCUT2D eigenvalue weighted by Crippen LogP contribution is -2.40. The van der Waals surface area contributed by atoms with Crippen LogP contribution >= 0.6 is 22.9 Å². The Labute approximate surface area is 179 Å². The molecule has 2 aromatic rings. The van der Waals surface area contributed by atoms with Crippen molar-refractivity contribution in [2.45, 2.75) is 45.3 Å². The van der Waals surface area contributed by atoms with Gasteiger partial charge in [-0.25, -0.2) is 9.78 Å². The van der Waals surface area contributed by atoms with Crippen molar-refractivity contribution in [3.05, 3.63) is 32.5 Å². The van der Waals surface area contributed by atoms with Crippen LogP contribution in [0.2, 0.25) is 5.02 Å². The Bertz CT molecular complexity index is 936. The molecule has 0 spiro atoms. The highest BCUT2D eigenvalue weighted by atomic mass is 35.5. The van der Waals surface area contributed by atoms with Crippen LogP contribution in [0.4, 0.5) is 13.2 Å². The van der Waals surface area contributed by atoms with E-state index in [9.17, 15) is 22.8 Å². The topological polar surface area (TPSA) is 77.3 Å². The zero-order valence-corrected chi connectivity index (χ0v) is 17.9. The maximum Gasteiger partial charge on any atom is 0.436 e. The van der Waals surface area contributed by atoms with Crippen LogP contribution in [-0.4, -0.2) is 51.2 Å². The van der Waals surface area contributed by atoms with Crippen molar-refractivity contribution in [2.24, 2.45) is 0 Å². The fourth-order valence-electron chi connectivity index (χ4n) is 3.24. The molecule has 1 fully saturated rings. The van der Waals surface area contributed by atoms with Gasteiger partial charge in [0, 0.05) is 24.4 Å². The third-order valence-corrected chi connectivity index (χ3v) is 6.35. The van der Waals surface area contributed by atoms with E-state index in [1.165, 1.54) is 18.3 Å². The summed E-state index contributed by atoms with van der Waals surface area (Å²) in [5, 5.41) is 5.46. The lowest BCUT2D eigenvalue weighted by molar-refractivity contribution is -0.142. The van der Waals surface area contributed by atoms with Crippen molar-refractivity contribution in [3.63, 3.8) is 0 Å². The summed E-state index contributed by atoms with van der Waals surface area (Å²) in [5.41, 5.74) is -0.808. The summed E-state index contributed by atoms with van der Waals surface area (Å²) < 4.78 is 44.8. The molecule has 1 saturated heterocycles. The molecule has 2 aromatic heterocycles. The summed E-state index contributed by atoms with van der Waals surface area (Å²) in [6, 6.07) is 0. The van der Waals surface area contributed by atoms with Gasteiger partial charge in [-0.15, -0.1) is 11.3 Å². The van der Waals surface area contributed by atoms with Gasteiger partial charge < -0.3 is 9.64 Å². The van der Waals surface area contributed by atoms with E-state index >= 15 is 0 Å². The van der Waals surface area contributed by atoms with Crippen LogP contribution < -0.4 is 0 Å². The highest BCUT2D eigenvalue weighted by Crippen LogP contribution is 2.35. The van der Waals surface area contributed by atoms with Crippen molar-refractivity contribution in [1.82, 2.24) is 19.7 Å². The quantitative estimate of drug-likeness (QED) is 0.627. The van der Waals surface area contributed by atoms with E-state index in [2.05, 4.69) is 10.1 Å². The molecule has 0 unspecified atom stereocenters. The first-order chi connectivity index (χ1) is 14.1. The molecular weight excluding hydrogens is 445 g/mol. The molecule has 3 rings (SSSR count). The Hall–Kier alpha value is -2.14. The van der Waals surface area contributed by atoms with Crippen LogP contribution in [0.25, 0.3) is 0 Å². The lowest BCUT2D eigenvalue weighted by Gasteiger charge is -2.31. The smallest absolute Gasteiger partial charge is 0.436 e. The van der Waals surface area contributed by atoms with E-state index in [0.29, 0.717) is 25.9 Å². The molecule has 1 amide bonds. The van der Waals surface area contributed by atoms with Gasteiger partial charge in [-0.3, -0.25) is 9.48 Å². The van der Waals surface area contributed by atoms with Crippen LogP contribution in [0.5, 0.6) is 0 Å². The van der Waals surface area contributed by atoms with Crippen molar-refractivity contribution in [2.75, 3.05) is 19.7 Å². The number of esters is 1. The molecule has 0 aromatic carbocycles. The standard InChI is InChI=1S/C18H20ClF3N4O3S/c1-3-29-17(28)12-9-30-16(23-12)11-4-6-25(7-5-11)13(27)8-26-10(2)14(19)15(24-26)18(20,21)22/h9,11H,3-8H2,1-2H3. The van der Waals surface area contributed by atoms with Crippen LogP contribution in [-0.2, 0) is 22.3 Å². The first-order valence-corrected chi connectivity index (χ1v) is 10.6. The molecule has 0 aliphatic carbocycles. The molecule has 1 aliphatic rings. The Morgan fingerprint density at radius 3 is 2.57 bits per heavy atom. The number of nitrogens with zero attached hydrogens (tertiary/aromatic N) is 4. The minimum absolute atomic E-state index is 0.0986. The number of hydrogen-bond acceptors (Lipinski definition) is 6. The molecule has 0 N–H and O–H groups in total. The van der Waals surface area contributed by atoms with Crippen LogP contribution in [0, 0.1) is 6.92 Å². The molecule has 12 heteroatoms. The number of rotatable bonds is 5. The molecule has 7 nitrogen and oxygen atoms in total. The van der Waals surface area contributed by atoms with E-state index in [1.54, 1.807) is 17.2 Å². The molecule has 3 heterocycles. The fraction of sp³-hybridized carbons (Fsp3) is 0.556. The second-order valence-electron chi connectivity index (χ2n) is 6.85. The summed E-state index contributed by atoms with van der Waals surface area (Å²) in [4.78, 5) is 30.3. The average molecular weight is 465 g/mol. The number of hydrogen-bond donors (Lipinski definition) is 0. The van der Waals surface area contributed by atoms with Gasteiger partial charge in [0.05, 0.1) is 22.3 Å². The van der Waals surface area contributed by atoms with E-state index in [-0.39, 0.29) is 36.4 Å². The number of halogens is 4. The molecule has 30 heavy (non-hydrogen) atoms. The van der Waals surface area contributed by atoms with Gasteiger partial charge in [0.25, 0.3) is 0 Å². The molecular formula is C18H20ClF3N4O3S. The number of carbonyl (C=O) groups is 2. The first-order valence-electron chi connectivity index (χ1n) is 9.32. The molecule has 0 saturated carbocycles. The van der Waals surface area contributed by atoms with Gasteiger partial charge in [0.15, 0.2) is 11.4 Å². The van der Waals surface area contributed by atoms with E-state index in [4.69, 9.17) is 16.3 Å². The maximum absolute atomic E-state index is 12.9. The average Bonchev–Trinajstić information content (AvgIpc) is 3.29. The number of alkyl halides is 3. The maximum atomic E-state index is 12.9. The monoisotopic (exact) mass is 464 g/mol. The van der Waals surface area contributed by atoms with Gasteiger partial charge >= 0.3 is 12.1 Å². The van der Waals surface area contributed by atoms with Crippen molar-refractivity contribution >= 4 is 34.8 Å². The van der Waals surface area contributed by atoms with E-state index in [1.807, 2.05) is 0 Å². The number of thiazole rings is 1. The normalized spacial score (nSPS) is 15.5. The zero-order valence-electron chi connectivity index (χ0n) is 16.3. The molecule has 0 bridgehead atoms. The third kappa shape index (κ3) is 4.77. The number of piperidine rings is 1. The number of ether oxygens (including phenoxy) is 1. The largest absolute Gasteiger partial charge is 0.461 e. The fourth-order valence-corrected chi connectivity index (χ4v) is 4.44. The summed E-state index contributed by atoms with van der Waals surface area (Å²) >= 11 is 7.11. The van der Waals surface area contributed by atoms with Gasteiger partial charge in [-0.2, -0.15) is 18.3 Å². The number of carbonyl (C=O) groups excluding carboxylic acids is 2. The second-order valence-corrected chi connectivity index (χ2v) is 8.12. The highest BCUT2D eigenvalue weighted by Gasteiger charge is 2.38. The Morgan fingerprint density at radius 1 is 1.33 bits per heavy atom. The SMILES string of the molecule is CCOC(=O)c1csc(C2CCN(C(=O)Cn3nc(C(F)(F)F)c(Cl)c3C)CC2)n1. The minimum Gasteiger partial charge on any atom is -0.461 e.